The first-order valence-corrected chi connectivity index (χ1v) is 6.99. The highest BCUT2D eigenvalue weighted by Gasteiger charge is 2.25. The van der Waals surface area contributed by atoms with Gasteiger partial charge in [0, 0.05) is 6.04 Å². The van der Waals surface area contributed by atoms with Crippen molar-refractivity contribution >= 4 is 5.91 Å². The zero-order chi connectivity index (χ0) is 13.8. The first kappa shape index (κ1) is 14.0. The Morgan fingerprint density at radius 3 is 3.00 bits per heavy atom. The Balaban J connectivity index is 1.96. The molecule has 0 aromatic carbocycles. The highest BCUT2D eigenvalue weighted by Crippen LogP contribution is 2.21. The molecule has 106 valence electrons. The van der Waals surface area contributed by atoms with Crippen LogP contribution in [0.2, 0.25) is 0 Å². The maximum absolute atomic E-state index is 12.0. The average molecular weight is 266 g/mol. The molecule has 0 saturated carbocycles. The quantitative estimate of drug-likeness (QED) is 0.847. The van der Waals surface area contributed by atoms with Gasteiger partial charge in [0.05, 0.1) is 6.04 Å². The van der Waals surface area contributed by atoms with Gasteiger partial charge in [-0.25, -0.2) is 0 Å². The van der Waals surface area contributed by atoms with Crippen molar-refractivity contribution in [3.8, 4) is 0 Å². The van der Waals surface area contributed by atoms with Crippen LogP contribution in [0, 0.1) is 5.92 Å². The Morgan fingerprint density at radius 1 is 1.58 bits per heavy atom. The van der Waals surface area contributed by atoms with E-state index in [1.807, 2.05) is 6.92 Å². The molecular formula is C13H22N4O2. The second kappa shape index (κ2) is 6.14. The smallest absolute Gasteiger partial charge is 0.292 e. The number of hydrogen-bond donors (Lipinski definition) is 2. The molecule has 1 fully saturated rings. The molecule has 1 aromatic heterocycles. The van der Waals surface area contributed by atoms with Crippen molar-refractivity contribution in [1.29, 1.82) is 0 Å². The minimum Gasteiger partial charge on any atom is -0.346 e. The number of carbonyl (C=O) groups excluding carboxylic acids is 1. The van der Waals surface area contributed by atoms with Gasteiger partial charge in [-0.3, -0.25) is 4.79 Å². The fraction of sp³-hybridized carbons (Fsp3) is 0.769. The van der Waals surface area contributed by atoms with Gasteiger partial charge in [0.15, 0.2) is 0 Å². The zero-order valence-electron chi connectivity index (χ0n) is 11.8. The summed E-state index contributed by atoms with van der Waals surface area (Å²) in [4.78, 5) is 16.2. The van der Waals surface area contributed by atoms with Gasteiger partial charge in [-0.05, 0) is 32.2 Å². The van der Waals surface area contributed by atoms with E-state index in [0.717, 1.165) is 25.8 Å². The lowest BCUT2D eigenvalue weighted by molar-refractivity contribution is 0.0914. The van der Waals surface area contributed by atoms with E-state index < -0.39 is 0 Å². The lowest BCUT2D eigenvalue weighted by Crippen LogP contribution is -2.37. The largest absolute Gasteiger partial charge is 0.346 e. The summed E-state index contributed by atoms with van der Waals surface area (Å²) in [5, 5.41) is 9.93. The Bertz CT molecular complexity index is 426. The van der Waals surface area contributed by atoms with E-state index >= 15 is 0 Å². The maximum atomic E-state index is 12.0. The second-order valence-electron chi connectivity index (χ2n) is 5.25. The molecule has 6 heteroatoms. The molecule has 3 atom stereocenters. The molecule has 19 heavy (non-hydrogen) atoms. The van der Waals surface area contributed by atoms with Gasteiger partial charge in [-0.1, -0.05) is 25.4 Å². The van der Waals surface area contributed by atoms with E-state index in [9.17, 15) is 4.79 Å². The summed E-state index contributed by atoms with van der Waals surface area (Å²) in [6.07, 6.45) is 3.09. The number of carbonyl (C=O) groups is 1. The van der Waals surface area contributed by atoms with Gasteiger partial charge in [0.1, 0.15) is 0 Å². The summed E-state index contributed by atoms with van der Waals surface area (Å²) >= 11 is 0. The maximum Gasteiger partial charge on any atom is 0.292 e. The molecule has 0 bridgehead atoms. The summed E-state index contributed by atoms with van der Waals surface area (Å²) < 4.78 is 5.15. The van der Waals surface area contributed by atoms with Crippen molar-refractivity contribution in [3.05, 3.63) is 11.7 Å². The minimum atomic E-state index is -0.263. The number of hydrogen-bond acceptors (Lipinski definition) is 5. The van der Waals surface area contributed by atoms with Gasteiger partial charge >= 0.3 is 0 Å². The van der Waals surface area contributed by atoms with Crippen LogP contribution in [0.5, 0.6) is 0 Å². The van der Waals surface area contributed by atoms with Crippen LogP contribution in [0.25, 0.3) is 0 Å². The van der Waals surface area contributed by atoms with Crippen LogP contribution in [0.15, 0.2) is 4.52 Å². The van der Waals surface area contributed by atoms with Crippen molar-refractivity contribution in [1.82, 2.24) is 20.8 Å². The van der Waals surface area contributed by atoms with Gasteiger partial charge in [0.2, 0.25) is 5.89 Å². The van der Waals surface area contributed by atoms with Crippen LogP contribution < -0.4 is 10.6 Å². The molecule has 0 aliphatic carbocycles. The predicted octanol–water partition coefficient (Wildman–Crippen LogP) is 1.66. The molecule has 1 aromatic rings. The lowest BCUT2D eigenvalue weighted by atomic mass is 10.0. The van der Waals surface area contributed by atoms with Crippen LogP contribution in [-0.2, 0) is 0 Å². The monoisotopic (exact) mass is 266 g/mol. The van der Waals surface area contributed by atoms with Crippen molar-refractivity contribution in [2.75, 3.05) is 6.54 Å². The first-order valence-electron chi connectivity index (χ1n) is 6.99. The average Bonchev–Trinajstić information content (AvgIpc) is 3.07. The van der Waals surface area contributed by atoms with Gasteiger partial charge < -0.3 is 15.2 Å². The van der Waals surface area contributed by atoms with Gasteiger partial charge in [-0.15, -0.1) is 0 Å². The fourth-order valence-corrected chi connectivity index (χ4v) is 2.13. The standard InChI is InChI=1S/C13H22N4O2/c1-4-8(2)9(3)15-12(18)11-16-13(19-17-11)10-6-5-7-14-10/h8-10,14H,4-7H2,1-3H3,(H,15,18). The van der Waals surface area contributed by atoms with Crippen LogP contribution in [-0.4, -0.2) is 28.6 Å². The third kappa shape index (κ3) is 3.32. The predicted molar refractivity (Wildman–Crippen MR) is 70.7 cm³/mol. The molecule has 0 radical (unpaired) electrons. The number of nitrogens with zero attached hydrogens (tertiary/aromatic N) is 2. The van der Waals surface area contributed by atoms with Gasteiger partial charge in [0.25, 0.3) is 11.7 Å². The molecule has 1 saturated heterocycles. The molecule has 3 unspecified atom stereocenters. The van der Waals surface area contributed by atoms with Crippen molar-refractivity contribution in [3.63, 3.8) is 0 Å². The lowest BCUT2D eigenvalue weighted by Gasteiger charge is -2.18. The van der Waals surface area contributed by atoms with Crippen LogP contribution >= 0.6 is 0 Å². The minimum absolute atomic E-state index is 0.0982. The van der Waals surface area contributed by atoms with Crippen molar-refractivity contribution < 1.29 is 9.32 Å². The highest BCUT2D eigenvalue weighted by molar-refractivity contribution is 5.90. The molecule has 1 aliphatic heterocycles. The van der Waals surface area contributed by atoms with Gasteiger partial charge in [-0.2, -0.15) is 4.98 Å². The third-order valence-electron chi connectivity index (χ3n) is 3.86. The molecule has 0 spiro atoms. The molecule has 6 nitrogen and oxygen atoms in total. The number of rotatable bonds is 5. The SMILES string of the molecule is CCC(C)C(C)NC(=O)c1noc(C2CCCN2)n1. The van der Waals surface area contributed by atoms with Crippen molar-refractivity contribution in [2.24, 2.45) is 5.92 Å². The van der Waals surface area contributed by atoms with E-state index in [1.165, 1.54) is 0 Å². The molecule has 1 aliphatic rings. The molecule has 1 amide bonds. The van der Waals surface area contributed by atoms with Crippen molar-refractivity contribution in [2.45, 2.75) is 52.1 Å². The molecule has 2 heterocycles. The van der Waals surface area contributed by atoms with E-state index in [-0.39, 0.29) is 23.8 Å². The Hall–Kier alpha value is -1.43. The van der Waals surface area contributed by atoms with E-state index in [0.29, 0.717) is 11.8 Å². The normalized spacial score (nSPS) is 22.2. The summed E-state index contributed by atoms with van der Waals surface area (Å²) in [6, 6.07) is 0.199. The summed E-state index contributed by atoms with van der Waals surface area (Å²) in [6.45, 7) is 7.16. The highest BCUT2D eigenvalue weighted by atomic mass is 16.5. The van der Waals surface area contributed by atoms with Crippen LogP contribution in [0.1, 0.15) is 62.6 Å². The molecule has 2 N–H and O–H groups in total. The summed E-state index contributed by atoms with van der Waals surface area (Å²) in [5.74, 6) is 0.797. The summed E-state index contributed by atoms with van der Waals surface area (Å²) in [7, 11) is 0. The Morgan fingerprint density at radius 2 is 2.37 bits per heavy atom. The Labute approximate surface area is 113 Å². The number of amides is 1. The van der Waals surface area contributed by atoms with Crippen LogP contribution in [0.4, 0.5) is 0 Å². The van der Waals surface area contributed by atoms with E-state index in [2.05, 4.69) is 34.6 Å². The third-order valence-corrected chi connectivity index (χ3v) is 3.86. The van der Waals surface area contributed by atoms with E-state index in [4.69, 9.17) is 4.52 Å². The molecular weight excluding hydrogens is 244 g/mol. The topological polar surface area (TPSA) is 80.0 Å². The van der Waals surface area contributed by atoms with Crippen LogP contribution in [0.3, 0.4) is 0 Å². The second-order valence-corrected chi connectivity index (χ2v) is 5.25. The number of nitrogens with one attached hydrogen (secondary N) is 2. The fourth-order valence-electron chi connectivity index (χ4n) is 2.13. The number of aromatic nitrogens is 2. The summed E-state index contributed by atoms with van der Waals surface area (Å²) in [5.41, 5.74) is 0. The van der Waals surface area contributed by atoms with E-state index in [1.54, 1.807) is 0 Å². The zero-order valence-corrected chi connectivity index (χ0v) is 11.8. The Kier molecular flexibility index (Phi) is 4.52. The molecule has 2 rings (SSSR count). The first-order chi connectivity index (χ1) is 9.11.